The number of likely N-dealkylation sites (N-methyl/N-ethyl adjacent to an activating group) is 1. The lowest BCUT2D eigenvalue weighted by Gasteiger charge is -2.17. The van der Waals surface area contributed by atoms with Crippen LogP contribution in [0.2, 0.25) is 0 Å². The molecule has 0 aliphatic rings. The van der Waals surface area contributed by atoms with Crippen molar-refractivity contribution in [1.82, 2.24) is 4.90 Å². The topological polar surface area (TPSA) is 20.3 Å². The molecule has 0 rings (SSSR count). The lowest BCUT2D eigenvalue weighted by atomic mass is 10.1. The van der Waals surface area contributed by atoms with Gasteiger partial charge in [0.05, 0.1) is 0 Å². The van der Waals surface area contributed by atoms with Crippen LogP contribution in [0.5, 0.6) is 0 Å². The molecule has 0 spiro atoms. The smallest absolute Gasteiger partial charge is 0.145 e. The largest absolute Gasteiger partial charge is 0.377 e. The zero-order valence-corrected chi connectivity index (χ0v) is 11.0. The Bertz CT molecular complexity index is 338. The fraction of sp³-hybridized carbons (Fsp3) is 0.250. The molecule has 0 aromatic rings. The number of rotatable bonds is 5. The number of aldehydes is 1. The average molecular weight is 270 g/mol. The highest BCUT2D eigenvalue weighted by molar-refractivity contribution is 9.11. The molecule has 3 heteroatoms. The van der Waals surface area contributed by atoms with Crippen LogP contribution in [0.3, 0.4) is 0 Å². The number of halogens is 1. The van der Waals surface area contributed by atoms with Gasteiger partial charge in [-0.1, -0.05) is 29.1 Å². The Morgan fingerprint density at radius 1 is 1.40 bits per heavy atom. The van der Waals surface area contributed by atoms with Crippen molar-refractivity contribution in [2.75, 3.05) is 14.1 Å². The van der Waals surface area contributed by atoms with Gasteiger partial charge in [-0.15, -0.1) is 0 Å². The normalized spacial score (nSPS) is 12.9. The van der Waals surface area contributed by atoms with Crippen molar-refractivity contribution in [3.8, 4) is 0 Å². The lowest BCUT2D eigenvalue weighted by Crippen LogP contribution is -2.11. The van der Waals surface area contributed by atoms with E-state index in [9.17, 15) is 4.79 Å². The van der Waals surface area contributed by atoms with Crippen LogP contribution in [-0.4, -0.2) is 25.3 Å². The molecule has 0 saturated carbocycles. The minimum Gasteiger partial charge on any atom is -0.377 e. The summed E-state index contributed by atoms with van der Waals surface area (Å²) in [7, 11) is 3.83. The maximum absolute atomic E-state index is 10.6. The molecule has 0 heterocycles. The van der Waals surface area contributed by atoms with E-state index in [1.807, 2.05) is 19.0 Å². The summed E-state index contributed by atoms with van der Waals surface area (Å²) in [5, 5.41) is 0. The Kier molecular flexibility index (Phi) is 5.94. The van der Waals surface area contributed by atoms with Crippen LogP contribution in [0.1, 0.15) is 6.92 Å². The van der Waals surface area contributed by atoms with E-state index >= 15 is 0 Å². The molecule has 0 fully saturated rings. The molecule has 0 radical (unpaired) electrons. The van der Waals surface area contributed by atoms with Gasteiger partial charge in [0.1, 0.15) is 6.29 Å². The predicted molar refractivity (Wildman–Crippen MR) is 68.8 cm³/mol. The van der Waals surface area contributed by atoms with Crippen LogP contribution in [-0.2, 0) is 4.79 Å². The Balaban J connectivity index is 5.55. The fourth-order valence-electron chi connectivity index (χ4n) is 1.09. The SMILES string of the molecule is C=C/C(=C(/C=C(/C)C=O)C(=C)Br)N(C)C. The van der Waals surface area contributed by atoms with Gasteiger partial charge < -0.3 is 4.90 Å². The van der Waals surface area contributed by atoms with Gasteiger partial charge in [-0.3, -0.25) is 4.79 Å². The van der Waals surface area contributed by atoms with Gasteiger partial charge in [-0.05, 0) is 24.6 Å². The van der Waals surface area contributed by atoms with Crippen molar-refractivity contribution in [3.05, 3.63) is 46.6 Å². The van der Waals surface area contributed by atoms with Crippen molar-refractivity contribution in [1.29, 1.82) is 0 Å². The summed E-state index contributed by atoms with van der Waals surface area (Å²) in [5.41, 5.74) is 2.42. The fourth-order valence-corrected chi connectivity index (χ4v) is 1.40. The van der Waals surface area contributed by atoms with Gasteiger partial charge in [0, 0.05) is 29.8 Å². The second kappa shape index (κ2) is 6.40. The molecule has 15 heavy (non-hydrogen) atoms. The molecule has 0 amide bonds. The maximum Gasteiger partial charge on any atom is 0.145 e. The Morgan fingerprint density at radius 2 is 1.93 bits per heavy atom. The van der Waals surface area contributed by atoms with Gasteiger partial charge in [0.15, 0.2) is 0 Å². The number of allylic oxidation sites excluding steroid dienone is 5. The van der Waals surface area contributed by atoms with Gasteiger partial charge in [-0.2, -0.15) is 0 Å². The van der Waals surface area contributed by atoms with E-state index in [0.29, 0.717) is 5.57 Å². The first kappa shape index (κ1) is 13.9. The van der Waals surface area contributed by atoms with Gasteiger partial charge in [0.2, 0.25) is 0 Å². The van der Waals surface area contributed by atoms with Crippen LogP contribution in [0, 0.1) is 0 Å². The Labute approximate surface area is 99.8 Å². The van der Waals surface area contributed by atoms with E-state index in [2.05, 4.69) is 29.1 Å². The molecule has 0 bridgehead atoms. The monoisotopic (exact) mass is 269 g/mol. The van der Waals surface area contributed by atoms with Crippen LogP contribution < -0.4 is 0 Å². The third kappa shape index (κ3) is 4.30. The Hall–Kier alpha value is -1.09. The van der Waals surface area contributed by atoms with E-state index < -0.39 is 0 Å². The molecule has 2 nitrogen and oxygen atoms in total. The summed E-state index contributed by atoms with van der Waals surface area (Å²) in [6.45, 7) is 9.31. The predicted octanol–water partition coefficient (Wildman–Crippen LogP) is 3.04. The molecule has 0 aliphatic carbocycles. The van der Waals surface area contributed by atoms with E-state index in [4.69, 9.17) is 0 Å². The van der Waals surface area contributed by atoms with E-state index in [1.54, 1.807) is 19.1 Å². The van der Waals surface area contributed by atoms with Gasteiger partial charge in [0.25, 0.3) is 0 Å². The van der Waals surface area contributed by atoms with Crippen LogP contribution in [0.4, 0.5) is 0 Å². The van der Waals surface area contributed by atoms with Gasteiger partial charge >= 0.3 is 0 Å². The number of hydrogen-bond acceptors (Lipinski definition) is 2. The number of carbonyl (C=O) groups excluding carboxylic acids is 1. The van der Waals surface area contributed by atoms with Crippen molar-refractivity contribution in [2.24, 2.45) is 0 Å². The molecular weight excluding hydrogens is 254 g/mol. The van der Waals surface area contributed by atoms with Crippen LogP contribution in [0.15, 0.2) is 46.6 Å². The summed E-state index contributed by atoms with van der Waals surface area (Å²) in [4.78, 5) is 12.5. The molecule has 0 atom stereocenters. The second-order valence-electron chi connectivity index (χ2n) is 3.31. The van der Waals surface area contributed by atoms with Crippen molar-refractivity contribution in [3.63, 3.8) is 0 Å². The van der Waals surface area contributed by atoms with E-state index in [0.717, 1.165) is 22.0 Å². The average Bonchev–Trinajstić information content (AvgIpc) is 2.16. The molecular formula is C12H16BrNO. The molecule has 0 N–H and O–H groups in total. The summed E-state index contributed by atoms with van der Waals surface area (Å²) in [6, 6.07) is 0. The minimum atomic E-state index is 0.645. The summed E-state index contributed by atoms with van der Waals surface area (Å²) >= 11 is 3.32. The zero-order valence-electron chi connectivity index (χ0n) is 9.38. The van der Waals surface area contributed by atoms with Crippen molar-refractivity contribution >= 4 is 22.2 Å². The van der Waals surface area contributed by atoms with Crippen LogP contribution in [0.25, 0.3) is 0 Å². The maximum atomic E-state index is 10.6. The van der Waals surface area contributed by atoms with Crippen molar-refractivity contribution < 1.29 is 4.79 Å². The Morgan fingerprint density at radius 3 is 2.20 bits per heavy atom. The zero-order chi connectivity index (χ0) is 12.0. The number of carbonyl (C=O) groups is 1. The van der Waals surface area contributed by atoms with E-state index in [1.165, 1.54) is 0 Å². The number of nitrogens with zero attached hydrogens (tertiary/aromatic N) is 1. The first-order valence-electron chi connectivity index (χ1n) is 4.46. The molecule has 0 aliphatic heterocycles. The highest BCUT2D eigenvalue weighted by atomic mass is 79.9. The number of hydrogen-bond donors (Lipinski definition) is 0. The summed E-state index contributed by atoms with van der Waals surface area (Å²) in [5.74, 6) is 0. The van der Waals surface area contributed by atoms with E-state index in [-0.39, 0.29) is 0 Å². The molecule has 82 valence electrons. The molecule has 0 aromatic carbocycles. The molecule has 0 unspecified atom stereocenters. The molecule has 0 aromatic heterocycles. The third-order valence-electron chi connectivity index (χ3n) is 1.80. The second-order valence-corrected chi connectivity index (χ2v) is 4.27. The molecule has 0 saturated heterocycles. The van der Waals surface area contributed by atoms with Gasteiger partial charge in [-0.25, -0.2) is 0 Å². The van der Waals surface area contributed by atoms with Crippen molar-refractivity contribution in [2.45, 2.75) is 6.92 Å². The quantitative estimate of drug-likeness (QED) is 0.435. The minimum absolute atomic E-state index is 0.645. The highest BCUT2D eigenvalue weighted by Gasteiger charge is 2.06. The first-order valence-corrected chi connectivity index (χ1v) is 5.25. The standard InChI is InChI=1S/C12H16BrNO/c1-6-12(14(4)5)11(10(3)13)7-9(2)8-15/h6-8H,1,3H2,2,4-5H3/b9-7-,12-11+. The summed E-state index contributed by atoms with van der Waals surface area (Å²) in [6.07, 6.45) is 4.32. The van der Waals surface area contributed by atoms with Crippen LogP contribution >= 0.6 is 15.9 Å². The lowest BCUT2D eigenvalue weighted by molar-refractivity contribution is -0.104. The summed E-state index contributed by atoms with van der Waals surface area (Å²) < 4.78 is 0.729. The third-order valence-corrected chi connectivity index (χ3v) is 2.23. The highest BCUT2D eigenvalue weighted by Crippen LogP contribution is 2.23. The first-order chi connectivity index (χ1) is 6.93.